The second-order valence-electron chi connectivity index (χ2n) is 9.85. The molecule has 0 unspecified atom stereocenters. The predicted octanol–water partition coefficient (Wildman–Crippen LogP) is 6.00. The Kier molecular flexibility index (Phi) is 7.32. The molecule has 1 aliphatic heterocycles. The van der Waals surface area contributed by atoms with E-state index in [0.29, 0.717) is 23.1 Å². The maximum atomic E-state index is 13.4. The van der Waals surface area contributed by atoms with Gasteiger partial charge in [-0.1, -0.05) is 64.1 Å². The fraction of sp³-hybridized carbons (Fsp3) is 0.379. The number of likely N-dealkylation sites (N-methyl/N-ethyl adjacent to an activating group) is 1. The fourth-order valence-electron chi connectivity index (χ4n) is 4.48. The molecule has 34 heavy (non-hydrogen) atoms. The highest BCUT2D eigenvalue weighted by atomic mass is 16.1. The van der Waals surface area contributed by atoms with E-state index >= 15 is 0 Å². The molecule has 0 atom stereocenters. The van der Waals surface area contributed by atoms with Gasteiger partial charge in [0.05, 0.1) is 11.9 Å². The Morgan fingerprint density at radius 3 is 2.18 bits per heavy atom. The normalized spacial score (nSPS) is 14.6. The molecule has 0 spiro atoms. The highest BCUT2D eigenvalue weighted by Crippen LogP contribution is 2.34. The first-order valence-corrected chi connectivity index (χ1v) is 12.3. The van der Waals surface area contributed by atoms with Crippen molar-refractivity contribution in [3.8, 4) is 11.1 Å². The molecule has 1 amide bonds. The van der Waals surface area contributed by atoms with Crippen LogP contribution in [-0.2, 0) is 0 Å². The van der Waals surface area contributed by atoms with Crippen LogP contribution < -0.4 is 10.2 Å². The smallest absolute Gasteiger partial charge is 0.256 e. The van der Waals surface area contributed by atoms with Gasteiger partial charge in [-0.3, -0.25) is 4.79 Å². The summed E-state index contributed by atoms with van der Waals surface area (Å²) in [4.78, 5) is 22.7. The van der Waals surface area contributed by atoms with Gasteiger partial charge in [-0.05, 0) is 59.3 Å². The predicted molar refractivity (Wildman–Crippen MR) is 142 cm³/mol. The number of hydrogen-bond acceptors (Lipinski definition) is 4. The van der Waals surface area contributed by atoms with Gasteiger partial charge in [0.2, 0.25) is 0 Å². The molecule has 1 aromatic heterocycles. The molecule has 1 aliphatic rings. The van der Waals surface area contributed by atoms with E-state index in [9.17, 15) is 4.79 Å². The third-order valence-corrected chi connectivity index (χ3v) is 6.66. The number of benzene rings is 2. The lowest BCUT2D eigenvalue weighted by molar-refractivity contribution is 0.102. The molecule has 5 heteroatoms. The summed E-state index contributed by atoms with van der Waals surface area (Å²) >= 11 is 0. The van der Waals surface area contributed by atoms with Crippen LogP contribution in [0.5, 0.6) is 0 Å². The first-order valence-electron chi connectivity index (χ1n) is 12.3. The van der Waals surface area contributed by atoms with Crippen LogP contribution in [0.15, 0.2) is 60.8 Å². The van der Waals surface area contributed by atoms with Crippen molar-refractivity contribution in [3.05, 3.63) is 77.5 Å². The summed E-state index contributed by atoms with van der Waals surface area (Å²) < 4.78 is 0. The summed E-state index contributed by atoms with van der Waals surface area (Å²) in [6.07, 6.45) is 1.76. The maximum Gasteiger partial charge on any atom is 0.256 e. The van der Waals surface area contributed by atoms with E-state index in [4.69, 9.17) is 0 Å². The Morgan fingerprint density at radius 1 is 0.882 bits per heavy atom. The fourth-order valence-corrected chi connectivity index (χ4v) is 4.48. The van der Waals surface area contributed by atoms with Gasteiger partial charge in [-0.25, -0.2) is 4.98 Å². The zero-order chi connectivity index (χ0) is 24.2. The van der Waals surface area contributed by atoms with Gasteiger partial charge in [0.25, 0.3) is 5.91 Å². The molecule has 1 fully saturated rings. The lowest BCUT2D eigenvalue weighted by atomic mass is 9.87. The molecule has 4 rings (SSSR count). The van der Waals surface area contributed by atoms with Crippen molar-refractivity contribution in [1.29, 1.82) is 0 Å². The van der Waals surface area contributed by atoms with Crippen LogP contribution in [0, 0.1) is 0 Å². The zero-order valence-electron chi connectivity index (χ0n) is 21.0. The van der Waals surface area contributed by atoms with Crippen LogP contribution >= 0.6 is 0 Å². The van der Waals surface area contributed by atoms with Crippen molar-refractivity contribution in [1.82, 2.24) is 9.88 Å². The van der Waals surface area contributed by atoms with Gasteiger partial charge in [-0.2, -0.15) is 0 Å². The van der Waals surface area contributed by atoms with Crippen LogP contribution in [0.4, 0.5) is 11.5 Å². The van der Waals surface area contributed by atoms with Gasteiger partial charge in [0.1, 0.15) is 5.82 Å². The number of carbonyl (C=O) groups excluding carboxylic acids is 1. The number of hydrogen-bond donors (Lipinski definition) is 1. The topological polar surface area (TPSA) is 48.5 Å². The molecule has 1 saturated heterocycles. The first-order chi connectivity index (χ1) is 16.3. The van der Waals surface area contributed by atoms with Crippen LogP contribution in [-0.4, -0.2) is 49.0 Å². The second kappa shape index (κ2) is 10.4. The summed E-state index contributed by atoms with van der Waals surface area (Å²) in [6, 6.07) is 18.6. The summed E-state index contributed by atoms with van der Waals surface area (Å²) in [5, 5.41) is 3.07. The van der Waals surface area contributed by atoms with Gasteiger partial charge in [0.15, 0.2) is 0 Å². The highest BCUT2D eigenvalue weighted by molar-refractivity contribution is 6.09. The number of anilines is 2. The Balaban J connectivity index is 1.59. The summed E-state index contributed by atoms with van der Waals surface area (Å²) in [7, 11) is 2.14. The number of amides is 1. The lowest BCUT2D eigenvalue weighted by Gasteiger charge is -2.33. The minimum atomic E-state index is -0.111. The third-order valence-electron chi connectivity index (χ3n) is 6.66. The summed E-state index contributed by atoms with van der Waals surface area (Å²) in [5.74, 6) is 1.62. The highest BCUT2D eigenvalue weighted by Gasteiger charge is 2.19. The largest absolute Gasteiger partial charge is 0.354 e. The lowest BCUT2D eigenvalue weighted by Crippen LogP contribution is -2.44. The molecule has 0 bridgehead atoms. The van der Waals surface area contributed by atoms with Gasteiger partial charge >= 0.3 is 0 Å². The van der Waals surface area contributed by atoms with Crippen molar-refractivity contribution in [2.45, 2.75) is 39.5 Å². The van der Waals surface area contributed by atoms with Crippen molar-refractivity contribution in [3.63, 3.8) is 0 Å². The molecular weight excluding hydrogens is 420 g/mol. The van der Waals surface area contributed by atoms with Gasteiger partial charge < -0.3 is 15.1 Å². The van der Waals surface area contributed by atoms with Crippen LogP contribution in [0.2, 0.25) is 0 Å². The van der Waals surface area contributed by atoms with E-state index < -0.39 is 0 Å². The monoisotopic (exact) mass is 456 g/mol. The SMILES string of the molecule is CC(C)c1ccc(-c2c(C(=O)Nc3ccc(N4CCN(C)CC4)nc3)cccc2C(C)C)cc1. The van der Waals surface area contributed by atoms with Crippen molar-refractivity contribution in [2.75, 3.05) is 43.4 Å². The summed E-state index contributed by atoms with van der Waals surface area (Å²) in [5.41, 5.74) is 5.94. The van der Waals surface area contributed by atoms with E-state index in [1.165, 1.54) is 11.1 Å². The van der Waals surface area contributed by atoms with E-state index in [-0.39, 0.29) is 5.91 Å². The van der Waals surface area contributed by atoms with Gasteiger partial charge in [-0.15, -0.1) is 0 Å². The van der Waals surface area contributed by atoms with Crippen LogP contribution in [0.3, 0.4) is 0 Å². The summed E-state index contributed by atoms with van der Waals surface area (Å²) in [6.45, 7) is 12.7. The molecule has 2 aromatic carbocycles. The van der Waals surface area contributed by atoms with Crippen molar-refractivity contribution < 1.29 is 4.79 Å². The molecule has 0 radical (unpaired) electrons. The third kappa shape index (κ3) is 5.31. The second-order valence-corrected chi connectivity index (χ2v) is 9.85. The standard InChI is InChI=1S/C29H36N4O/c1-20(2)22-9-11-23(12-10-22)28-25(21(3)4)7-6-8-26(28)29(34)31-24-13-14-27(30-19-24)33-17-15-32(5)16-18-33/h6-14,19-21H,15-18H2,1-5H3,(H,31,34). The molecular formula is C29H36N4O. The maximum absolute atomic E-state index is 13.4. The Morgan fingerprint density at radius 2 is 1.59 bits per heavy atom. The molecule has 2 heterocycles. The van der Waals surface area contributed by atoms with E-state index in [1.54, 1.807) is 6.20 Å². The Labute approximate surface area is 203 Å². The molecule has 5 nitrogen and oxygen atoms in total. The minimum Gasteiger partial charge on any atom is -0.354 e. The van der Waals surface area contributed by atoms with E-state index in [2.05, 4.69) is 85.2 Å². The molecule has 0 saturated carbocycles. The van der Waals surface area contributed by atoms with Gasteiger partial charge in [0, 0.05) is 31.7 Å². The molecule has 178 valence electrons. The van der Waals surface area contributed by atoms with E-state index in [0.717, 1.165) is 43.1 Å². The number of pyridine rings is 1. The number of nitrogens with zero attached hydrogens (tertiary/aromatic N) is 3. The molecule has 3 aromatic rings. The quantitative estimate of drug-likeness (QED) is 0.494. The zero-order valence-corrected chi connectivity index (χ0v) is 21.0. The number of carbonyl (C=O) groups is 1. The van der Waals surface area contributed by atoms with Crippen LogP contribution in [0.25, 0.3) is 11.1 Å². The number of piperazine rings is 1. The average molecular weight is 457 g/mol. The minimum absolute atomic E-state index is 0.111. The number of nitrogens with one attached hydrogen (secondary N) is 1. The molecule has 1 N–H and O–H groups in total. The molecule has 0 aliphatic carbocycles. The van der Waals surface area contributed by atoms with E-state index in [1.807, 2.05) is 24.3 Å². The Hall–Kier alpha value is -3.18. The first kappa shape index (κ1) is 24.0. The number of rotatable bonds is 6. The average Bonchev–Trinajstić information content (AvgIpc) is 2.84. The van der Waals surface area contributed by atoms with Crippen molar-refractivity contribution >= 4 is 17.4 Å². The van der Waals surface area contributed by atoms with Crippen molar-refractivity contribution in [2.24, 2.45) is 0 Å². The van der Waals surface area contributed by atoms with Crippen LogP contribution in [0.1, 0.15) is 61.0 Å². The number of aromatic nitrogens is 1. The Bertz CT molecular complexity index is 1110.